The van der Waals surface area contributed by atoms with Gasteiger partial charge >= 0.3 is 5.97 Å². The molecule has 3 heteroatoms. The molecule has 1 aromatic rings. The molecule has 0 spiro atoms. The zero-order valence-corrected chi connectivity index (χ0v) is 8.56. The lowest BCUT2D eigenvalue weighted by Gasteiger charge is -2.10. The van der Waals surface area contributed by atoms with E-state index >= 15 is 0 Å². The van der Waals surface area contributed by atoms with Crippen molar-refractivity contribution in [2.45, 2.75) is 20.0 Å². The molecule has 70 valence electrons. The Hall–Kier alpha value is -1.09. The highest BCUT2D eigenvalue weighted by molar-refractivity contribution is 7.10. The number of carbonyl (C=O) groups excluding carboxylic acids is 1. The van der Waals surface area contributed by atoms with Gasteiger partial charge < -0.3 is 4.74 Å². The number of hydrogen-bond donors (Lipinski definition) is 0. The topological polar surface area (TPSA) is 26.3 Å². The van der Waals surface area contributed by atoms with E-state index in [2.05, 4.69) is 6.58 Å². The normalized spacial score (nSPS) is 12.2. The van der Waals surface area contributed by atoms with Crippen LogP contribution in [0.3, 0.4) is 0 Å². The predicted octanol–water partition coefficient (Wildman–Crippen LogP) is 2.93. The van der Waals surface area contributed by atoms with Gasteiger partial charge in [-0.15, -0.1) is 11.3 Å². The summed E-state index contributed by atoms with van der Waals surface area (Å²) in [4.78, 5) is 12.2. The molecule has 0 bridgehead atoms. The second-order valence-electron chi connectivity index (χ2n) is 2.84. The van der Waals surface area contributed by atoms with Crippen LogP contribution < -0.4 is 0 Å². The first-order chi connectivity index (χ1) is 6.11. The van der Waals surface area contributed by atoms with Gasteiger partial charge in [-0.1, -0.05) is 12.6 Å². The molecular weight excluding hydrogens is 184 g/mol. The second kappa shape index (κ2) is 4.23. The van der Waals surface area contributed by atoms with Gasteiger partial charge in [0, 0.05) is 10.5 Å². The summed E-state index contributed by atoms with van der Waals surface area (Å²) in [7, 11) is 0. The van der Waals surface area contributed by atoms with Crippen LogP contribution in [-0.2, 0) is 9.53 Å². The molecule has 1 aromatic heterocycles. The lowest BCUT2D eigenvalue weighted by Crippen LogP contribution is -2.07. The highest BCUT2D eigenvalue weighted by Crippen LogP contribution is 2.22. The number of rotatable bonds is 3. The Morgan fingerprint density at radius 3 is 2.85 bits per heavy atom. The average molecular weight is 196 g/mol. The van der Waals surface area contributed by atoms with Gasteiger partial charge in [-0.25, -0.2) is 4.79 Å². The van der Waals surface area contributed by atoms with Crippen molar-refractivity contribution in [3.8, 4) is 0 Å². The molecule has 0 aliphatic heterocycles. The highest BCUT2D eigenvalue weighted by atomic mass is 32.1. The van der Waals surface area contributed by atoms with Crippen molar-refractivity contribution < 1.29 is 9.53 Å². The molecule has 1 atom stereocenters. The van der Waals surface area contributed by atoms with Crippen molar-refractivity contribution in [3.05, 3.63) is 34.5 Å². The zero-order chi connectivity index (χ0) is 9.84. The van der Waals surface area contributed by atoms with Crippen LogP contribution in [0.1, 0.15) is 24.8 Å². The van der Waals surface area contributed by atoms with E-state index in [4.69, 9.17) is 4.74 Å². The Balaban J connectivity index is 2.56. The first kappa shape index (κ1) is 9.99. The summed E-state index contributed by atoms with van der Waals surface area (Å²) in [5.41, 5.74) is 0.434. The van der Waals surface area contributed by atoms with E-state index < -0.39 is 0 Å². The maximum atomic E-state index is 11.1. The van der Waals surface area contributed by atoms with Gasteiger partial charge in [-0.05, 0) is 25.3 Å². The molecule has 0 fully saturated rings. The van der Waals surface area contributed by atoms with Crippen molar-refractivity contribution in [2.24, 2.45) is 0 Å². The smallest absolute Gasteiger partial charge is 0.333 e. The SMILES string of the molecule is C=C(C)C(=O)OC(C)c1cccs1. The zero-order valence-electron chi connectivity index (χ0n) is 7.74. The first-order valence-electron chi connectivity index (χ1n) is 4.01. The van der Waals surface area contributed by atoms with E-state index in [1.165, 1.54) is 0 Å². The lowest BCUT2D eigenvalue weighted by molar-refractivity contribution is -0.143. The Morgan fingerprint density at radius 2 is 2.38 bits per heavy atom. The predicted molar refractivity (Wildman–Crippen MR) is 53.6 cm³/mol. The minimum atomic E-state index is -0.332. The number of thiophene rings is 1. The van der Waals surface area contributed by atoms with Gasteiger partial charge in [0.05, 0.1) is 0 Å². The maximum absolute atomic E-state index is 11.1. The summed E-state index contributed by atoms with van der Waals surface area (Å²) >= 11 is 1.58. The molecule has 1 heterocycles. The fourth-order valence-corrected chi connectivity index (χ4v) is 1.55. The molecular formula is C10H12O2S. The average Bonchev–Trinajstić information content (AvgIpc) is 2.55. The monoisotopic (exact) mass is 196 g/mol. The highest BCUT2D eigenvalue weighted by Gasteiger charge is 2.12. The summed E-state index contributed by atoms with van der Waals surface area (Å²) in [6.07, 6.45) is -0.177. The van der Waals surface area contributed by atoms with Gasteiger partial charge in [0.15, 0.2) is 0 Å². The van der Waals surface area contributed by atoms with Crippen LogP contribution in [0.5, 0.6) is 0 Å². The number of hydrogen-bond acceptors (Lipinski definition) is 3. The largest absolute Gasteiger partial charge is 0.454 e. The van der Waals surface area contributed by atoms with Gasteiger partial charge in [-0.3, -0.25) is 0 Å². The summed E-state index contributed by atoms with van der Waals surface area (Å²) in [6.45, 7) is 7.01. The molecule has 2 nitrogen and oxygen atoms in total. The van der Waals surface area contributed by atoms with Crippen molar-refractivity contribution in [2.75, 3.05) is 0 Å². The van der Waals surface area contributed by atoms with Gasteiger partial charge in [0.1, 0.15) is 6.10 Å². The van der Waals surface area contributed by atoms with E-state index in [0.717, 1.165) is 4.88 Å². The van der Waals surface area contributed by atoms with Crippen molar-refractivity contribution in [3.63, 3.8) is 0 Å². The van der Waals surface area contributed by atoms with Gasteiger partial charge in [0.25, 0.3) is 0 Å². The molecule has 13 heavy (non-hydrogen) atoms. The molecule has 0 saturated carbocycles. The lowest BCUT2D eigenvalue weighted by atomic mass is 10.3. The number of ether oxygens (including phenoxy) is 1. The molecule has 0 amide bonds. The molecule has 0 aromatic carbocycles. The minimum absolute atomic E-state index is 0.177. The second-order valence-corrected chi connectivity index (χ2v) is 3.82. The van der Waals surface area contributed by atoms with Crippen LogP contribution in [-0.4, -0.2) is 5.97 Å². The van der Waals surface area contributed by atoms with Crippen LogP contribution in [0.15, 0.2) is 29.7 Å². The molecule has 1 unspecified atom stereocenters. The Morgan fingerprint density at radius 1 is 1.69 bits per heavy atom. The van der Waals surface area contributed by atoms with Crippen LogP contribution in [0.2, 0.25) is 0 Å². The van der Waals surface area contributed by atoms with Crippen LogP contribution >= 0.6 is 11.3 Å². The van der Waals surface area contributed by atoms with E-state index in [-0.39, 0.29) is 12.1 Å². The fraction of sp³-hybridized carbons (Fsp3) is 0.300. The maximum Gasteiger partial charge on any atom is 0.333 e. The Kier molecular flexibility index (Phi) is 3.25. The van der Waals surface area contributed by atoms with Crippen LogP contribution in [0.4, 0.5) is 0 Å². The first-order valence-corrected chi connectivity index (χ1v) is 4.89. The molecule has 0 aliphatic rings. The summed E-state index contributed by atoms with van der Waals surface area (Å²) < 4.78 is 5.13. The Labute approximate surface area is 81.8 Å². The van der Waals surface area contributed by atoms with Crippen molar-refractivity contribution >= 4 is 17.3 Å². The van der Waals surface area contributed by atoms with E-state index in [1.54, 1.807) is 18.3 Å². The third-order valence-corrected chi connectivity index (χ3v) is 2.61. The molecule has 1 rings (SSSR count). The molecule has 0 N–H and O–H groups in total. The van der Waals surface area contributed by atoms with Gasteiger partial charge in [-0.2, -0.15) is 0 Å². The van der Waals surface area contributed by atoms with Crippen LogP contribution in [0, 0.1) is 0 Å². The molecule has 0 saturated heterocycles. The van der Waals surface area contributed by atoms with Crippen molar-refractivity contribution in [1.82, 2.24) is 0 Å². The Bertz CT molecular complexity index is 301. The fourth-order valence-electron chi connectivity index (χ4n) is 0.842. The third kappa shape index (κ3) is 2.70. The number of esters is 1. The van der Waals surface area contributed by atoms with E-state index in [9.17, 15) is 4.79 Å². The minimum Gasteiger partial charge on any atom is -0.454 e. The van der Waals surface area contributed by atoms with E-state index in [1.807, 2.05) is 24.4 Å². The summed E-state index contributed by atoms with van der Waals surface area (Å²) in [6, 6.07) is 3.88. The van der Waals surface area contributed by atoms with Crippen LogP contribution in [0.25, 0.3) is 0 Å². The number of carbonyl (C=O) groups is 1. The van der Waals surface area contributed by atoms with Crippen molar-refractivity contribution in [1.29, 1.82) is 0 Å². The third-order valence-electron chi connectivity index (χ3n) is 1.58. The van der Waals surface area contributed by atoms with E-state index in [0.29, 0.717) is 5.57 Å². The summed E-state index contributed by atoms with van der Waals surface area (Å²) in [5, 5.41) is 1.96. The standard InChI is InChI=1S/C10H12O2S/c1-7(2)10(11)12-8(3)9-5-4-6-13-9/h4-6,8H,1H2,2-3H3. The van der Waals surface area contributed by atoms with Gasteiger partial charge in [0.2, 0.25) is 0 Å². The molecule has 0 aliphatic carbocycles. The quantitative estimate of drug-likeness (QED) is 0.549. The summed E-state index contributed by atoms with van der Waals surface area (Å²) in [5.74, 6) is -0.332. The molecule has 0 radical (unpaired) electrons.